The van der Waals surface area contributed by atoms with Crippen LogP contribution in [0, 0.1) is 5.82 Å². The molecule has 0 spiro atoms. The van der Waals surface area contributed by atoms with Gasteiger partial charge in [-0.3, -0.25) is 5.73 Å². The Morgan fingerprint density at radius 2 is 1.68 bits per heavy atom. The van der Waals surface area contributed by atoms with Crippen LogP contribution in [0.4, 0.5) is 15.8 Å². The van der Waals surface area contributed by atoms with Crippen molar-refractivity contribution in [2.75, 3.05) is 12.0 Å². The van der Waals surface area contributed by atoms with E-state index in [0.29, 0.717) is 12.2 Å². The van der Waals surface area contributed by atoms with Crippen molar-refractivity contribution in [3.63, 3.8) is 0 Å². The third kappa shape index (κ3) is 3.22. The lowest BCUT2D eigenvalue weighted by molar-refractivity contribution is 0.121. The number of rotatable bonds is 4. The molecule has 0 fully saturated rings. The maximum atomic E-state index is 14.4. The van der Waals surface area contributed by atoms with E-state index < -0.39 is 12.1 Å². The fraction of sp³-hybridized carbons (Fsp3) is 0.182. The quantitative estimate of drug-likeness (QED) is 0.725. The highest BCUT2D eigenvalue weighted by atomic mass is 19.1. The zero-order chi connectivity index (χ0) is 19.7. The van der Waals surface area contributed by atoms with Gasteiger partial charge in [-0.1, -0.05) is 48.5 Å². The molecular formula is C22H23FN4O. The number of hydrogen-bond donors (Lipinski definition) is 2. The van der Waals surface area contributed by atoms with Gasteiger partial charge in [-0.25, -0.2) is 9.29 Å². The molecule has 2 unspecified atom stereocenters. The largest absolute Gasteiger partial charge is 0.494 e. The Labute approximate surface area is 163 Å². The lowest BCUT2D eigenvalue weighted by atomic mass is 10.0. The number of ether oxygens (including phenoxy) is 1. The van der Waals surface area contributed by atoms with E-state index in [-0.39, 0.29) is 11.9 Å². The molecule has 2 atom stereocenters. The van der Waals surface area contributed by atoms with E-state index in [1.807, 2.05) is 64.4 Å². The van der Waals surface area contributed by atoms with E-state index in [4.69, 9.17) is 16.2 Å². The Morgan fingerprint density at radius 1 is 0.964 bits per heavy atom. The van der Waals surface area contributed by atoms with Crippen LogP contribution >= 0.6 is 0 Å². The summed E-state index contributed by atoms with van der Waals surface area (Å²) < 4.78 is 19.4. The van der Waals surface area contributed by atoms with Crippen molar-refractivity contribution in [3.8, 4) is 5.75 Å². The summed E-state index contributed by atoms with van der Waals surface area (Å²) in [5.41, 5.74) is 16.8. The molecular weight excluding hydrogens is 355 g/mol. The average molecular weight is 378 g/mol. The van der Waals surface area contributed by atoms with Crippen molar-refractivity contribution in [2.24, 2.45) is 11.5 Å². The first-order valence-corrected chi connectivity index (χ1v) is 9.12. The first-order chi connectivity index (χ1) is 13.6. The van der Waals surface area contributed by atoms with Crippen molar-refractivity contribution in [3.05, 3.63) is 89.7 Å². The van der Waals surface area contributed by atoms with E-state index in [2.05, 4.69) is 0 Å². The van der Waals surface area contributed by atoms with Crippen molar-refractivity contribution in [1.29, 1.82) is 0 Å². The van der Waals surface area contributed by atoms with Crippen molar-refractivity contribution in [1.82, 2.24) is 4.90 Å². The number of fused-ring (bicyclic) bond motifs is 1. The summed E-state index contributed by atoms with van der Waals surface area (Å²) in [7, 11) is 1.45. The van der Waals surface area contributed by atoms with Gasteiger partial charge in [-0.15, -0.1) is 0 Å². The second-order valence-corrected chi connectivity index (χ2v) is 6.76. The normalized spacial score (nSPS) is 19.4. The Bertz CT molecular complexity index is 966. The number of nitrogens with zero attached hydrogens (tertiary/aromatic N) is 2. The van der Waals surface area contributed by atoms with Gasteiger partial charge in [0.1, 0.15) is 6.29 Å². The van der Waals surface area contributed by atoms with Gasteiger partial charge in [0, 0.05) is 29.5 Å². The lowest BCUT2D eigenvalue weighted by Gasteiger charge is -2.47. The molecule has 1 aliphatic rings. The van der Waals surface area contributed by atoms with E-state index >= 15 is 0 Å². The number of anilines is 2. The average Bonchev–Trinajstić information content (AvgIpc) is 2.72. The summed E-state index contributed by atoms with van der Waals surface area (Å²) in [5, 5.41) is 0. The molecule has 0 aromatic heterocycles. The Kier molecular flexibility index (Phi) is 5.00. The second kappa shape index (κ2) is 7.59. The summed E-state index contributed by atoms with van der Waals surface area (Å²) >= 11 is 0. The molecule has 4 N–H and O–H groups in total. The maximum Gasteiger partial charge on any atom is 0.167 e. The highest BCUT2D eigenvalue weighted by Gasteiger charge is 2.36. The van der Waals surface area contributed by atoms with Crippen molar-refractivity contribution in [2.45, 2.75) is 19.0 Å². The number of halogens is 1. The standard InChI is InChI=1S/C22H23FN4O/c1-28-20-12-11-16(13-18(20)23)27-19-10-6-5-9-17(19)21(24)26(22(27)25)14-15-7-3-2-4-8-15/h2-13,21-22H,14,24-25H2,1H3. The molecule has 3 aromatic rings. The van der Waals surface area contributed by atoms with E-state index in [0.717, 1.165) is 16.8 Å². The molecule has 144 valence electrons. The summed E-state index contributed by atoms with van der Waals surface area (Å²) in [6.45, 7) is 0.576. The highest BCUT2D eigenvalue weighted by molar-refractivity contribution is 5.69. The molecule has 0 saturated carbocycles. The Hall–Kier alpha value is -2.93. The predicted octanol–water partition coefficient (Wildman–Crippen LogP) is 3.69. The SMILES string of the molecule is COc1ccc(N2c3ccccc3C(N)N(Cc3ccccc3)C2N)cc1F. The van der Waals surface area contributed by atoms with Crippen LogP contribution in [-0.4, -0.2) is 18.3 Å². The van der Waals surface area contributed by atoms with Crippen LogP contribution in [0.5, 0.6) is 5.75 Å². The first-order valence-electron chi connectivity index (χ1n) is 9.12. The monoisotopic (exact) mass is 378 g/mol. The van der Waals surface area contributed by atoms with Gasteiger partial charge in [0.2, 0.25) is 0 Å². The third-order valence-corrected chi connectivity index (χ3v) is 5.10. The molecule has 0 amide bonds. The van der Waals surface area contributed by atoms with Crippen LogP contribution in [0.2, 0.25) is 0 Å². The zero-order valence-corrected chi connectivity index (χ0v) is 15.6. The second-order valence-electron chi connectivity index (χ2n) is 6.76. The van der Waals surface area contributed by atoms with Gasteiger partial charge >= 0.3 is 0 Å². The molecule has 0 radical (unpaired) electrons. The molecule has 0 bridgehead atoms. The van der Waals surface area contributed by atoms with E-state index in [9.17, 15) is 4.39 Å². The smallest absolute Gasteiger partial charge is 0.167 e. The van der Waals surface area contributed by atoms with Crippen LogP contribution < -0.4 is 21.1 Å². The number of para-hydroxylation sites is 1. The van der Waals surface area contributed by atoms with Gasteiger partial charge in [0.15, 0.2) is 11.6 Å². The summed E-state index contributed by atoms with van der Waals surface area (Å²) in [5.74, 6) is -0.241. The minimum atomic E-state index is -0.557. The number of nitrogens with two attached hydrogens (primary N) is 2. The van der Waals surface area contributed by atoms with Crippen molar-refractivity contribution < 1.29 is 9.13 Å². The third-order valence-electron chi connectivity index (χ3n) is 5.10. The molecule has 3 aromatic carbocycles. The molecule has 1 heterocycles. The molecule has 0 aliphatic carbocycles. The number of hydrogen-bond acceptors (Lipinski definition) is 5. The van der Waals surface area contributed by atoms with Gasteiger partial charge in [-0.05, 0) is 23.8 Å². The maximum absolute atomic E-state index is 14.4. The number of methoxy groups -OCH3 is 1. The summed E-state index contributed by atoms with van der Waals surface area (Å²) in [6.07, 6.45) is -0.927. The van der Waals surface area contributed by atoms with Gasteiger partial charge in [0.05, 0.1) is 13.3 Å². The Morgan fingerprint density at radius 3 is 2.39 bits per heavy atom. The Balaban J connectivity index is 1.78. The van der Waals surface area contributed by atoms with Crippen molar-refractivity contribution >= 4 is 11.4 Å². The predicted molar refractivity (Wildman–Crippen MR) is 108 cm³/mol. The van der Waals surface area contributed by atoms with Crippen LogP contribution in [0.3, 0.4) is 0 Å². The molecule has 6 heteroatoms. The summed E-state index contributed by atoms with van der Waals surface area (Å²) in [4.78, 5) is 3.91. The number of benzene rings is 3. The minimum Gasteiger partial charge on any atom is -0.494 e. The minimum absolute atomic E-state index is 0.195. The van der Waals surface area contributed by atoms with E-state index in [1.54, 1.807) is 12.1 Å². The first kappa shape index (κ1) is 18.4. The van der Waals surface area contributed by atoms with Crippen LogP contribution in [-0.2, 0) is 6.54 Å². The fourth-order valence-electron chi connectivity index (χ4n) is 3.67. The highest BCUT2D eigenvalue weighted by Crippen LogP contribution is 2.40. The van der Waals surface area contributed by atoms with Crippen LogP contribution in [0.15, 0.2) is 72.8 Å². The fourth-order valence-corrected chi connectivity index (χ4v) is 3.67. The molecule has 1 aliphatic heterocycles. The lowest BCUT2D eigenvalue weighted by Crippen LogP contribution is -2.58. The van der Waals surface area contributed by atoms with Gasteiger partial charge in [0.25, 0.3) is 0 Å². The zero-order valence-electron chi connectivity index (χ0n) is 15.6. The molecule has 5 nitrogen and oxygen atoms in total. The van der Waals surface area contributed by atoms with Crippen LogP contribution in [0.1, 0.15) is 17.3 Å². The molecule has 0 saturated heterocycles. The molecule has 4 rings (SSSR count). The van der Waals surface area contributed by atoms with Gasteiger partial charge < -0.3 is 15.4 Å². The molecule has 28 heavy (non-hydrogen) atoms. The topological polar surface area (TPSA) is 67.8 Å². The van der Waals surface area contributed by atoms with E-state index in [1.165, 1.54) is 13.2 Å². The van der Waals surface area contributed by atoms with Gasteiger partial charge in [-0.2, -0.15) is 0 Å². The summed E-state index contributed by atoms with van der Waals surface area (Å²) in [6, 6.07) is 22.7. The van der Waals surface area contributed by atoms with Crippen LogP contribution in [0.25, 0.3) is 0 Å².